The molecule has 1 aliphatic carbocycles. The molecule has 3 atom stereocenters. The second-order valence-electron chi connectivity index (χ2n) is 4.40. The monoisotopic (exact) mass is 274 g/mol. The van der Waals surface area contributed by atoms with Gasteiger partial charge in [0.25, 0.3) is 0 Å². The van der Waals surface area contributed by atoms with Gasteiger partial charge in [-0.05, 0) is 26.2 Å². The van der Waals surface area contributed by atoms with Gasteiger partial charge < -0.3 is 11.1 Å². The van der Waals surface area contributed by atoms with E-state index >= 15 is 0 Å². The Kier molecular flexibility index (Phi) is 6.26. The molecule has 0 aliphatic heterocycles. The van der Waals surface area contributed by atoms with Crippen LogP contribution in [-0.2, 0) is 4.79 Å². The summed E-state index contributed by atoms with van der Waals surface area (Å²) >= 11 is 0. The lowest BCUT2D eigenvalue weighted by Crippen LogP contribution is -2.46. The first-order valence-corrected chi connectivity index (χ1v) is 5.43. The number of amides is 1. The second kappa shape index (κ2) is 6.44. The van der Waals surface area contributed by atoms with Crippen molar-refractivity contribution in [2.45, 2.75) is 50.9 Å². The van der Waals surface area contributed by atoms with Crippen LogP contribution in [0.4, 0.5) is 13.2 Å². The third-order valence-electron chi connectivity index (χ3n) is 2.90. The number of halogens is 4. The molecule has 1 fully saturated rings. The zero-order valence-electron chi connectivity index (χ0n) is 9.59. The molecular formula is C10H18ClF3N2O. The Morgan fingerprint density at radius 2 is 2.00 bits per heavy atom. The van der Waals surface area contributed by atoms with Crippen LogP contribution in [0.3, 0.4) is 0 Å². The minimum absolute atomic E-state index is 0. The summed E-state index contributed by atoms with van der Waals surface area (Å²) in [6.45, 7) is 1.51. The Balaban J connectivity index is 0.00000256. The second-order valence-corrected chi connectivity index (χ2v) is 4.40. The van der Waals surface area contributed by atoms with E-state index in [2.05, 4.69) is 5.32 Å². The average molecular weight is 275 g/mol. The number of nitrogens with one attached hydrogen (secondary N) is 1. The molecule has 2 unspecified atom stereocenters. The fourth-order valence-electron chi connectivity index (χ4n) is 1.95. The standard InChI is InChI=1S/C10H17F3N2O.ClH/c1-6(14)9(16)15-8-4-2-3-7(5-8)10(11,12)13;/h6-8H,2-5,14H2,1H3,(H,15,16);1H/t6-,7?,8?;/m0./s1. The predicted octanol–water partition coefficient (Wildman–Crippen LogP) is 1.99. The van der Waals surface area contributed by atoms with E-state index in [0.717, 1.165) is 0 Å². The molecule has 0 aromatic heterocycles. The Morgan fingerprint density at radius 3 is 2.47 bits per heavy atom. The van der Waals surface area contributed by atoms with Crippen LogP contribution < -0.4 is 11.1 Å². The minimum Gasteiger partial charge on any atom is -0.352 e. The number of hydrogen-bond acceptors (Lipinski definition) is 2. The molecule has 1 rings (SSSR count). The van der Waals surface area contributed by atoms with E-state index in [1.165, 1.54) is 6.92 Å². The van der Waals surface area contributed by atoms with Gasteiger partial charge in [0.15, 0.2) is 0 Å². The summed E-state index contributed by atoms with van der Waals surface area (Å²) in [7, 11) is 0. The van der Waals surface area contributed by atoms with Crippen LogP contribution in [0.15, 0.2) is 0 Å². The Morgan fingerprint density at radius 1 is 1.41 bits per heavy atom. The molecule has 7 heteroatoms. The Hall–Kier alpha value is -0.490. The maximum atomic E-state index is 12.5. The van der Waals surface area contributed by atoms with Gasteiger partial charge in [0.05, 0.1) is 12.0 Å². The fourth-order valence-corrected chi connectivity index (χ4v) is 1.95. The van der Waals surface area contributed by atoms with Crippen molar-refractivity contribution in [1.29, 1.82) is 0 Å². The normalized spacial score (nSPS) is 26.9. The molecule has 0 radical (unpaired) electrons. The highest BCUT2D eigenvalue weighted by Crippen LogP contribution is 2.37. The molecule has 1 amide bonds. The molecule has 0 bridgehead atoms. The molecule has 17 heavy (non-hydrogen) atoms. The third-order valence-corrected chi connectivity index (χ3v) is 2.90. The molecular weight excluding hydrogens is 257 g/mol. The largest absolute Gasteiger partial charge is 0.391 e. The van der Waals surface area contributed by atoms with E-state index in [-0.39, 0.29) is 37.2 Å². The van der Waals surface area contributed by atoms with E-state index in [1.54, 1.807) is 0 Å². The number of carbonyl (C=O) groups excluding carboxylic acids is 1. The predicted molar refractivity (Wildman–Crippen MR) is 60.8 cm³/mol. The van der Waals surface area contributed by atoms with Gasteiger partial charge in [-0.2, -0.15) is 13.2 Å². The number of carbonyl (C=O) groups is 1. The fraction of sp³-hybridized carbons (Fsp3) is 0.900. The van der Waals surface area contributed by atoms with Crippen LogP contribution >= 0.6 is 12.4 Å². The number of alkyl halides is 3. The molecule has 0 saturated heterocycles. The highest BCUT2D eigenvalue weighted by molar-refractivity contribution is 5.85. The van der Waals surface area contributed by atoms with E-state index in [4.69, 9.17) is 5.73 Å². The van der Waals surface area contributed by atoms with Crippen molar-refractivity contribution in [3.63, 3.8) is 0 Å². The van der Waals surface area contributed by atoms with Crippen molar-refractivity contribution >= 4 is 18.3 Å². The minimum atomic E-state index is -4.16. The summed E-state index contributed by atoms with van der Waals surface area (Å²) in [5, 5.41) is 2.56. The van der Waals surface area contributed by atoms with Gasteiger partial charge in [-0.15, -0.1) is 12.4 Å². The van der Waals surface area contributed by atoms with E-state index in [9.17, 15) is 18.0 Å². The molecule has 1 saturated carbocycles. The first kappa shape index (κ1) is 16.5. The molecule has 0 aromatic rings. The quantitative estimate of drug-likeness (QED) is 0.809. The Labute approximate surface area is 105 Å². The molecule has 0 heterocycles. The van der Waals surface area contributed by atoms with Gasteiger partial charge in [-0.3, -0.25) is 4.79 Å². The number of rotatable bonds is 2. The van der Waals surface area contributed by atoms with Crippen LogP contribution in [-0.4, -0.2) is 24.2 Å². The van der Waals surface area contributed by atoms with Crippen LogP contribution in [0, 0.1) is 5.92 Å². The summed E-state index contributed by atoms with van der Waals surface area (Å²) in [6, 6.07) is -1.06. The van der Waals surface area contributed by atoms with E-state index in [0.29, 0.717) is 12.8 Å². The van der Waals surface area contributed by atoms with Crippen LogP contribution in [0.1, 0.15) is 32.6 Å². The highest BCUT2D eigenvalue weighted by Gasteiger charge is 2.42. The summed E-state index contributed by atoms with van der Waals surface area (Å²) < 4.78 is 37.4. The van der Waals surface area contributed by atoms with Gasteiger partial charge in [0.2, 0.25) is 5.91 Å². The lowest BCUT2D eigenvalue weighted by atomic mass is 9.85. The van der Waals surface area contributed by atoms with Crippen molar-refractivity contribution in [2.75, 3.05) is 0 Å². The summed E-state index contributed by atoms with van der Waals surface area (Å²) in [5.74, 6) is -1.67. The lowest BCUT2D eigenvalue weighted by molar-refractivity contribution is -0.184. The summed E-state index contributed by atoms with van der Waals surface area (Å²) in [5.41, 5.74) is 5.34. The van der Waals surface area contributed by atoms with Gasteiger partial charge in [0, 0.05) is 6.04 Å². The average Bonchev–Trinajstić information content (AvgIpc) is 2.16. The third kappa shape index (κ3) is 5.12. The first-order chi connectivity index (χ1) is 7.30. The van der Waals surface area contributed by atoms with Crippen molar-refractivity contribution in [2.24, 2.45) is 11.7 Å². The van der Waals surface area contributed by atoms with Gasteiger partial charge >= 0.3 is 6.18 Å². The van der Waals surface area contributed by atoms with Crippen molar-refractivity contribution < 1.29 is 18.0 Å². The zero-order valence-corrected chi connectivity index (χ0v) is 10.4. The van der Waals surface area contributed by atoms with E-state index < -0.39 is 18.1 Å². The maximum Gasteiger partial charge on any atom is 0.391 e. The SMILES string of the molecule is C[C@H](N)C(=O)NC1CCCC(C(F)(F)F)C1.Cl. The lowest BCUT2D eigenvalue weighted by Gasteiger charge is -2.31. The van der Waals surface area contributed by atoms with Gasteiger partial charge in [0.1, 0.15) is 0 Å². The Bertz CT molecular complexity index is 258. The molecule has 0 aromatic carbocycles. The van der Waals surface area contributed by atoms with Crippen LogP contribution in [0.25, 0.3) is 0 Å². The molecule has 102 valence electrons. The number of nitrogens with two attached hydrogens (primary N) is 1. The van der Waals surface area contributed by atoms with Crippen molar-refractivity contribution in [3.05, 3.63) is 0 Å². The van der Waals surface area contributed by atoms with Gasteiger partial charge in [-0.1, -0.05) is 6.42 Å². The highest BCUT2D eigenvalue weighted by atomic mass is 35.5. The molecule has 3 N–H and O–H groups in total. The van der Waals surface area contributed by atoms with Crippen LogP contribution in [0.5, 0.6) is 0 Å². The summed E-state index contributed by atoms with van der Waals surface area (Å²) in [6.07, 6.45) is -2.92. The molecule has 3 nitrogen and oxygen atoms in total. The number of hydrogen-bond donors (Lipinski definition) is 2. The van der Waals surface area contributed by atoms with Crippen molar-refractivity contribution in [3.8, 4) is 0 Å². The molecule has 1 aliphatic rings. The van der Waals surface area contributed by atoms with E-state index in [1.807, 2.05) is 0 Å². The molecule has 0 spiro atoms. The zero-order chi connectivity index (χ0) is 12.3. The smallest absolute Gasteiger partial charge is 0.352 e. The first-order valence-electron chi connectivity index (χ1n) is 5.43. The van der Waals surface area contributed by atoms with Gasteiger partial charge in [-0.25, -0.2) is 0 Å². The maximum absolute atomic E-state index is 12.5. The van der Waals surface area contributed by atoms with Crippen LogP contribution in [0.2, 0.25) is 0 Å². The van der Waals surface area contributed by atoms with Crippen molar-refractivity contribution in [1.82, 2.24) is 5.32 Å². The summed E-state index contributed by atoms with van der Waals surface area (Å²) in [4.78, 5) is 11.3. The topological polar surface area (TPSA) is 55.1 Å².